The maximum absolute atomic E-state index is 5.87. The fourth-order valence-corrected chi connectivity index (χ4v) is 3.00. The summed E-state index contributed by atoms with van der Waals surface area (Å²) in [6.07, 6.45) is 5.78. The first-order valence-electron chi connectivity index (χ1n) is 8.12. The van der Waals surface area contributed by atoms with Crippen LogP contribution in [0.2, 0.25) is 0 Å². The topological polar surface area (TPSA) is 42.5 Å². The van der Waals surface area contributed by atoms with Crippen LogP contribution in [0.15, 0.2) is 18.2 Å². The van der Waals surface area contributed by atoms with Gasteiger partial charge in [0.1, 0.15) is 5.75 Å². The zero-order valence-electron chi connectivity index (χ0n) is 12.6. The van der Waals surface area contributed by atoms with E-state index in [-0.39, 0.29) is 0 Å². The van der Waals surface area contributed by atoms with Crippen molar-refractivity contribution in [3.8, 4) is 5.75 Å². The summed E-state index contributed by atoms with van der Waals surface area (Å²) in [5, 5.41) is 7.02. The van der Waals surface area contributed by atoms with E-state index < -0.39 is 0 Å². The average molecular weight is 289 g/mol. The summed E-state index contributed by atoms with van der Waals surface area (Å²) in [7, 11) is 0. The van der Waals surface area contributed by atoms with Gasteiger partial charge in [-0.3, -0.25) is 0 Å². The second-order valence-electron chi connectivity index (χ2n) is 5.90. The second kappa shape index (κ2) is 7.66. The standard InChI is InChI=1S/C17H25N2O2/c1-3-16(19-15-6-10-20-11-7-15)13-17(5-1)21-12-8-14-4-2-9-18-14/h1,5,13-15,18-19H,2,4,6-12H2. The van der Waals surface area contributed by atoms with Gasteiger partial charge in [0, 0.05) is 43.1 Å². The Hall–Kier alpha value is -1.26. The van der Waals surface area contributed by atoms with Crippen LogP contribution in [0.1, 0.15) is 32.1 Å². The quantitative estimate of drug-likeness (QED) is 0.845. The van der Waals surface area contributed by atoms with E-state index in [1.54, 1.807) is 0 Å². The zero-order chi connectivity index (χ0) is 14.3. The Morgan fingerprint density at radius 1 is 1.33 bits per heavy atom. The van der Waals surface area contributed by atoms with Crippen molar-refractivity contribution in [1.82, 2.24) is 5.32 Å². The molecule has 2 aliphatic rings. The van der Waals surface area contributed by atoms with Gasteiger partial charge in [-0.25, -0.2) is 0 Å². The Bertz CT molecular complexity index is 427. The molecule has 0 aliphatic carbocycles. The van der Waals surface area contributed by atoms with Gasteiger partial charge in [-0.05, 0) is 50.8 Å². The SMILES string of the molecule is [c]1ccc(OCCC2CCCN2)cc1NC1CCOCC1. The zero-order valence-corrected chi connectivity index (χ0v) is 12.6. The van der Waals surface area contributed by atoms with E-state index in [1.165, 1.54) is 12.8 Å². The van der Waals surface area contributed by atoms with Crippen molar-refractivity contribution in [2.24, 2.45) is 0 Å². The van der Waals surface area contributed by atoms with Gasteiger partial charge in [-0.2, -0.15) is 0 Å². The number of benzene rings is 1. The number of hydrogen-bond acceptors (Lipinski definition) is 4. The van der Waals surface area contributed by atoms with E-state index >= 15 is 0 Å². The van der Waals surface area contributed by atoms with E-state index in [0.29, 0.717) is 12.1 Å². The van der Waals surface area contributed by atoms with Gasteiger partial charge < -0.3 is 20.1 Å². The maximum Gasteiger partial charge on any atom is 0.121 e. The van der Waals surface area contributed by atoms with Crippen LogP contribution in [0, 0.1) is 6.07 Å². The molecule has 1 aromatic carbocycles. The molecule has 2 N–H and O–H groups in total. The fraction of sp³-hybridized carbons (Fsp3) is 0.647. The normalized spacial score (nSPS) is 23.1. The van der Waals surface area contributed by atoms with E-state index in [9.17, 15) is 0 Å². The third-order valence-electron chi connectivity index (χ3n) is 4.25. The number of anilines is 1. The molecule has 1 aromatic rings. The Balaban J connectivity index is 1.45. The lowest BCUT2D eigenvalue weighted by Crippen LogP contribution is -2.27. The summed E-state index contributed by atoms with van der Waals surface area (Å²) in [5.74, 6) is 0.932. The van der Waals surface area contributed by atoms with E-state index in [1.807, 2.05) is 12.1 Å². The van der Waals surface area contributed by atoms with E-state index in [4.69, 9.17) is 9.47 Å². The number of rotatable bonds is 6. The Morgan fingerprint density at radius 2 is 2.24 bits per heavy atom. The molecule has 0 amide bonds. The van der Waals surface area contributed by atoms with Crippen LogP contribution < -0.4 is 15.4 Å². The lowest BCUT2D eigenvalue weighted by Gasteiger charge is -2.24. The summed E-state index contributed by atoms with van der Waals surface area (Å²) in [4.78, 5) is 0. The molecule has 4 nitrogen and oxygen atoms in total. The van der Waals surface area contributed by atoms with Crippen molar-refractivity contribution in [2.75, 3.05) is 31.7 Å². The minimum Gasteiger partial charge on any atom is -0.493 e. The predicted molar refractivity (Wildman–Crippen MR) is 83.9 cm³/mol. The summed E-state index contributed by atoms with van der Waals surface area (Å²) >= 11 is 0. The summed E-state index contributed by atoms with van der Waals surface area (Å²) in [5.41, 5.74) is 1.03. The van der Waals surface area contributed by atoms with Crippen molar-refractivity contribution in [3.63, 3.8) is 0 Å². The molecule has 0 bridgehead atoms. The molecule has 21 heavy (non-hydrogen) atoms. The van der Waals surface area contributed by atoms with Crippen molar-refractivity contribution in [1.29, 1.82) is 0 Å². The molecular formula is C17H25N2O2. The molecular weight excluding hydrogens is 264 g/mol. The molecule has 115 valence electrons. The molecule has 3 rings (SSSR count). The highest BCUT2D eigenvalue weighted by atomic mass is 16.5. The van der Waals surface area contributed by atoms with Gasteiger partial charge in [-0.1, -0.05) is 0 Å². The second-order valence-corrected chi connectivity index (χ2v) is 5.90. The van der Waals surface area contributed by atoms with Gasteiger partial charge in [0.15, 0.2) is 0 Å². The lowest BCUT2D eigenvalue weighted by molar-refractivity contribution is 0.0904. The number of ether oxygens (including phenoxy) is 2. The van der Waals surface area contributed by atoms with Gasteiger partial charge in [0.25, 0.3) is 0 Å². The molecule has 2 aliphatic heterocycles. The van der Waals surface area contributed by atoms with E-state index in [2.05, 4.69) is 22.8 Å². The minimum absolute atomic E-state index is 0.493. The Labute approximate surface area is 127 Å². The van der Waals surface area contributed by atoms with Crippen LogP contribution in [-0.4, -0.2) is 38.4 Å². The average Bonchev–Trinajstić information content (AvgIpc) is 3.02. The first-order valence-corrected chi connectivity index (χ1v) is 8.12. The van der Waals surface area contributed by atoms with Gasteiger partial charge in [0.05, 0.1) is 6.61 Å². The van der Waals surface area contributed by atoms with Crippen LogP contribution in [0.4, 0.5) is 5.69 Å². The smallest absolute Gasteiger partial charge is 0.121 e. The van der Waals surface area contributed by atoms with Gasteiger partial charge in [-0.15, -0.1) is 0 Å². The minimum atomic E-state index is 0.493. The van der Waals surface area contributed by atoms with Crippen molar-refractivity contribution < 1.29 is 9.47 Å². The first kappa shape index (κ1) is 14.7. The van der Waals surface area contributed by atoms with Crippen LogP contribution >= 0.6 is 0 Å². The molecule has 1 radical (unpaired) electrons. The molecule has 4 heteroatoms. The van der Waals surface area contributed by atoms with E-state index in [0.717, 1.165) is 57.1 Å². The largest absolute Gasteiger partial charge is 0.493 e. The molecule has 2 fully saturated rings. The summed E-state index contributed by atoms with van der Waals surface area (Å²) in [6, 6.07) is 10.3. The highest BCUT2D eigenvalue weighted by molar-refractivity contribution is 5.47. The van der Waals surface area contributed by atoms with Crippen LogP contribution in [-0.2, 0) is 4.74 Å². The molecule has 0 aromatic heterocycles. The maximum atomic E-state index is 5.87. The molecule has 0 saturated carbocycles. The van der Waals surface area contributed by atoms with Crippen LogP contribution in [0.5, 0.6) is 5.75 Å². The lowest BCUT2D eigenvalue weighted by atomic mass is 10.1. The van der Waals surface area contributed by atoms with Gasteiger partial charge >= 0.3 is 0 Å². The van der Waals surface area contributed by atoms with Crippen molar-refractivity contribution in [3.05, 3.63) is 24.3 Å². The monoisotopic (exact) mass is 289 g/mol. The van der Waals surface area contributed by atoms with Gasteiger partial charge in [0.2, 0.25) is 0 Å². The molecule has 1 unspecified atom stereocenters. The van der Waals surface area contributed by atoms with Crippen molar-refractivity contribution in [2.45, 2.75) is 44.2 Å². The first-order chi connectivity index (χ1) is 10.4. The van der Waals surface area contributed by atoms with Crippen LogP contribution in [0.25, 0.3) is 0 Å². The van der Waals surface area contributed by atoms with Crippen molar-refractivity contribution >= 4 is 5.69 Å². The molecule has 2 heterocycles. The highest BCUT2D eigenvalue weighted by Crippen LogP contribution is 2.20. The summed E-state index contributed by atoms with van der Waals surface area (Å²) < 4.78 is 11.3. The fourth-order valence-electron chi connectivity index (χ4n) is 3.00. The molecule has 2 saturated heterocycles. The predicted octanol–water partition coefficient (Wildman–Crippen LogP) is 2.60. The Morgan fingerprint density at radius 3 is 3.05 bits per heavy atom. The highest BCUT2D eigenvalue weighted by Gasteiger charge is 2.14. The number of hydrogen-bond donors (Lipinski definition) is 2. The third kappa shape index (κ3) is 4.61. The van der Waals surface area contributed by atoms with Crippen LogP contribution in [0.3, 0.4) is 0 Å². The number of nitrogens with one attached hydrogen (secondary N) is 2. The molecule has 0 spiro atoms. The summed E-state index contributed by atoms with van der Waals surface area (Å²) in [6.45, 7) is 3.63. The Kier molecular flexibility index (Phi) is 5.35. The third-order valence-corrected chi connectivity index (χ3v) is 4.25. The molecule has 1 atom stereocenters.